The molecule has 0 saturated carbocycles. The van der Waals surface area contributed by atoms with Gasteiger partial charge in [-0.25, -0.2) is 0 Å². The number of aliphatic hydroxyl groups excluding tert-OH is 2. The number of amides is 1. The van der Waals surface area contributed by atoms with Crippen LogP contribution < -0.4 is 5.32 Å². The van der Waals surface area contributed by atoms with Gasteiger partial charge in [0.1, 0.15) is 0 Å². The largest absolute Gasteiger partial charge is 0.466 e. The van der Waals surface area contributed by atoms with Crippen LogP contribution in [-0.2, 0) is 14.3 Å². The number of esters is 1. The number of allylic oxidation sites excluding steroid dienone is 7. The lowest BCUT2D eigenvalue weighted by Crippen LogP contribution is -2.45. The summed E-state index contributed by atoms with van der Waals surface area (Å²) < 4.78 is 5.46. The van der Waals surface area contributed by atoms with Crippen LogP contribution in [0.1, 0.15) is 418 Å². The molecule has 0 aliphatic carbocycles. The summed E-state index contributed by atoms with van der Waals surface area (Å²) in [6, 6.07) is -0.628. The van der Waals surface area contributed by atoms with Crippen molar-refractivity contribution in [3.05, 3.63) is 48.6 Å². The smallest absolute Gasteiger partial charge is 0.305 e. The predicted molar refractivity (Wildman–Crippen MR) is 375 cm³/mol. The standard InChI is InChI=1S/C79H149NO5/c1-3-5-7-9-11-13-15-16-17-18-19-20-21-33-36-39-42-45-48-52-55-59-63-67-71-77(82)76(75-81)80-78(83)72-68-64-60-56-53-49-46-43-40-37-34-31-29-27-25-23-22-24-26-28-30-32-35-38-41-44-47-50-54-58-62-66-70-74-85-79(84)73-69-65-61-57-51-14-12-10-8-6-4-2/h10,12,26,28,32,35,67,71,76-77,81-82H,3-9,11,13-25,27,29-31,33-34,36-66,68-70,72-75H2,1-2H3,(H,80,83)/b12-10-,28-26-,35-32-,71-67+. The van der Waals surface area contributed by atoms with Crippen LogP contribution in [0.15, 0.2) is 48.6 Å². The monoisotopic (exact) mass is 1190 g/mol. The molecule has 0 radical (unpaired) electrons. The molecule has 3 N–H and O–H groups in total. The van der Waals surface area contributed by atoms with Crippen LogP contribution in [0.4, 0.5) is 0 Å². The number of unbranched alkanes of at least 4 members (excludes halogenated alkanes) is 55. The Kier molecular flexibility index (Phi) is 72.4. The third-order valence-electron chi connectivity index (χ3n) is 17.8. The minimum atomic E-state index is -0.845. The molecule has 0 bridgehead atoms. The summed E-state index contributed by atoms with van der Waals surface area (Å²) in [5.74, 6) is -0.0587. The van der Waals surface area contributed by atoms with Crippen LogP contribution in [0.5, 0.6) is 0 Å². The van der Waals surface area contributed by atoms with E-state index in [1.54, 1.807) is 6.08 Å². The molecule has 0 aliphatic heterocycles. The van der Waals surface area contributed by atoms with Crippen molar-refractivity contribution in [2.45, 2.75) is 431 Å². The zero-order chi connectivity index (χ0) is 61.3. The molecule has 85 heavy (non-hydrogen) atoms. The van der Waals surface area contributed by atoms with Gasteiger partial charge in [0.05, 0.1) is 25.4 Å². The van der Waals surface area contributed by atoms with Crippen molar-refractivity contribution >= 4 is 11.9 Å². The van der Waals surface area contributed by atoms with E-state index in [1.807, 2.05) is 6.08 Å². The highest BCUT2D eigenvalue weighted by atomic mass is 16.5. The lowest BCUT2D eigenvalue weighted by molar-refractivity contribution is -0.143. The van der Waals surface area contributed by atoms with Crippen molar-refractivity contribution in [1.29, 1.82) is 0 Å². The van der Waals surface area contributed by atoms with Gasteiger partial charge in [0.2, 0.25) is 5.91 Å². The third kappa shape index (κ3) is 70.8. The molecule has 0 aromatic rings. The average molecular weight is 1190 g/mol. The highest BCUT2D eigenvalue weighted by Crippen LogP contribution is 2.19. The Morgan fingerprint density at radius 3 is 0.941 bits per heavy atom. The summed E-state index contributed by atoms with van der Waals surface area (Å²) in [5.41, 5.74) is 0. The number of hydrogen-bond donors (Lipinski definition) is 3. The predicted octanol–water partition coefficient (Wildman–Crippen LogP) is 25.2. The molecule has 0 heterocycles. The number of carbonyl (C=O) groups is 2. The van der Waals surface area contributed by atoms with Gasteiger partial charge in [-0.3, -0.25) is 9.59 Å². The van der Waals surface area contributed by atoms with Crippen molar-refractivity contribution in [3.63, 3.8) is 0 Å². The molecule has 0 aromatic heterocycles. The number of hydrogen-bond acceptors (Lipinski definition) is 5. The Bertz CT molecular complexity index is 1420. The second-order valence-corrected chi connectivity index (χ2v) is 26.3. The first-order chi connectivity index (χ1) is 42.0. The van der Waals surface area contributed by atoms with Crippen LogP contribution in [0.2, 0.25) is 0 Å². The molecule has 2 atom stereocenters. The van der Waals surface area contributed by atoms with Crippen LogP contribution in [0.25, 0.3) is 0 Å². The van der Waals surface area contributed by atoms with Gasteiger partial charge in [-0.2, -0.15) is 0 Å². The van der Waals surface area contributed by atoms with Gasteiger partial charge in [-0.15, -0.1) is 0 Å². The van der Waals surface area contributed by atoms with Crippen molar-refractivity contribution < 1.29 is 24.5 Å². The second kappa shape index (κ2) is 74.3. The molecule has 6 nitrogen and oxygen atoms in total. The minimum absolute atomic E-state index is 0.00303. The first-order valence-corrected chi connectivity index (χ1v) is 38.4. The Hall–Kier alpha value is -2.18. The maximum Gasteiger partial charge on any atom is 0.305 e. The number of carbonyl (C=O) groups excluding carboxylic acids is 2. The van der Waals surface area contributed by atoms with Gasteiger partial charge in [-0.05, 0) is 83.5 Å². The Balaban J connectivity index is 3.41. The number of ether oxygens (including phenoxy) is 1. The summed E-state index contributed by atoms with van der Waals surface area (Å²) in [6.07, 6.45) is 98.0. The molecule has 0 spiro atoms. The summed E-state index contributed by atoms with van der Waals surface area (Å²) >= 11 is 0. The van der Waals surface area contributed by atoms with Gasteiger partial charge in [0.25, 0.3) is 0 Å². The van der Waals surface area contributed by atoms with Crippen LogP contribution in [0, 0.1) is 0 Å². The number of rotatable bonds is 72. The lowest BCUT2D eigenvalue weighted by Gasteiger charge is -2.20. The topological polar surface area (TPSA) is 95.9 Å². The maximum atomic E-state index is 12.5. The van der Waals surface area contributed by atoms with E-state index in [9.17, 15) is 19.8 Å². The molecular formula is C79H149NO5. The van der Waals surface area contributed by atoms with E-state index >= 15 is 0 Å². The highest BCUT2D eigenvalue weighted by Gasteiger charge is 2.18. The number of aliphatic hydroxyl groups is 2. The Labute approximate surface area is 531 Å². The van der Waals surface area contributed by atoms with Crippen molar-refractivity contribution in [1.82, 2.24) is 5.32 Å². The molecule has 6 heteroatoms. The molecular weight excluding hydrogens is 1040 g/mol. The Morgan fingerprint density at radius 2 is 0.600 bits per heavy atom. The normalized spacial score (nSPS) is 12.8. The van der Waals surface area contributed by atoms with E-state index in [4.69, 9.17) is 4.74 Å². The molecule has 0 rings (SSSR count). The SMILES string of the molecule is CCCC/C=C\CCCCCCCC(=O)OCCCCCCCCCCC/C=C\C/C=C\CCCCCCCCCCCCCCCCCCCC(=O)NC(CO)C(O)/C=C/CCCCCCCCCCCCCCCCCCCCCCCC. The van der Waals surface area contributed by atoms with E-state index in [0.29, 0.717) is 19.4 Å². The highest BCUT2D eigenvalue weighted by molar-refractivity contribution is 5.76. The van der Waals surface area contributed by atoms with E-state index in [1.165, 1.54) is 340 Å². The molecule has 1 amide bonds. The van der Waals surface area contributed by atoms with E-state index in [2.05, 4.69) is 55.6 Å². The summed E-state index contributed by atoms with van der Waals surface area (Å²) in [7, 11) is 0. The fourth-order valence-electron chi connectivity index (χ4n) is 11.9. The van der Waals surface area contributed by atoms with E-state index < -0.39 is 12.1 Å². The van der Waals surface area contributed by atoms with Crippen molar-refractivity contribution in [2.24, 2.45) is 0 Å². The molecule has 2 unspecified atom stereocenters. The summed E-state index contributed by atoms with van der Waals surface area (Å²) in [4.78, 5) is 24.6. The summed E-state index contributed by atoms with van der Waals surface area (Å²) in [6.45, 7) is 4.90. The quantitative estimate of drug-likeness (QED) is 0.0320. The first-order valence-electron chi connectivity index (χ1n) is 38.4. The van der Waals surface area contributed by atoms with E-state index in [0.717, 1.165) is 51.4 Å². The first kappa shape index (κ1) is 82.8. The average Bonchev–Trinajstić information content (AvgIpc) is 3.55. The lowest BCUT2D eigenvalue weighted by atomic mass is 10.0. The van der Waals surface area contributed by atoms with Crippen molar-refractivity contribution in [2.75, 3.05) is 13.2 Å². The van der Waals surface area contributed by atoms with Crippen LogP contribution in [-0.4, -0.2) is 47.4 Å². The molecule has 0 aromatic carbocycles. The van der Waals surface area contributed by atoms with Gasteiger partial charge in [0.15, 0.2) is 0 Å². The fraction of sp³-hybridized carbons (Fsp3) is 0.873. The zero-order valence-electron chi connectivity index (χ0n) is 57.4. The zero-order valence-corrected chi connectivity index (χ0v) is 57.4. The summed E-state index contributed by atoms with van der Waals surface area (Å²) in [5, 5.41) is 23.3. The van der Waals surface area contributed by atoms with Crippen LogP contribution in [0.3, 0.4) is 0 Å². The van der Waals surface area contributed by atoms with Crippen LogP contribution >= 0.6 is 0 Å². The molecule has 500 valence electrons. The molecule has 0 saturated heterocycles. The van der Waals surface area contributed by atoms with Crippen molar-refractivity contribution in [3.8, 4) is 0 Å². The number of nitrogens with one attached hydrogen (secondary N) is 1. The second-order valence-electron chi connectivity index (χ2n) is 26.3. The molecule has 0 aliphatic rings. The van der Waals surface area contributed by atoms with E-state index in [-0.39, 0.29) is 18.5 Å². The minimum Gasteiger partial charge on any atom is -0.466 e. The fourth-order valence-corrected chi connectivity index (χ4v) is 11.9. The third-order valence-corrected chi connectivity index (χ3v) is 17.8. The molecule has 0 fully saturated rings. The van der Waals surface area contributed by atoms with Gasteiger partial charge in [-0.1, -0.05) is 371 Å². The maximum absolute atomic E-state index is 12.5. The van der Waals surface area contributed by atoms with Gasteiger partial charge < -0.3 is 20.3 Å². The van der Waals surface area contributed by atoms with Gasteiger partial charge >= 0.3 is 5.97 Å². The Morgan fingerprint density at radius 1 is 0.329 bits per heavy atom. The van der Waals surface area contributed by atoms with Gasteiger partial charge in [0, 0.05) is 12.8 Å².